The standard InChI is InChI=1S/C12H23NO5/c1-2-5-18-12(14)3-6-15-8-10-17-11-9-16-7-4-13/h2H,1,3-11,13H2. The second-order valence-corrected chi connectivity index (χ2v) is 3.35. The molecule has 0 aromatic heterocycles. The summed E-state index contributed by atoms with van der Waals surface area (Å²) < 4.78 is 20.3. The molecule has 106 valence electrons. The van der Waals surface area contributed by atoms with Gasteiger partial charge < -0.3 is 24.7 Å². The molecular weight excluding hydrogens is 238 g/mol. The van der Waals surface area contributed by atoms with Gasteiger partial charge in [-0.3, -0.25) is 4.79 Å². The van der Waals surface area contributed by atoms with Gasteiger partial charge in [0.25, 0.3) is 0 Å². The lowest BCUT2D eigenvalue weighted by Crippen LogP contribution is -2.14. The Labute approximate surface area is 108 Å². The van der Waals surface area contributed by atoms with Crippen molar-refractivity contribution in [3.05, 3.63) is 12.7 Å². The first kappa shape index (κ1) is 17.1. The molecule has 0 bridgehead atoms. The molecule has 0 radical (unpaired) electrons. The third kappa shape index (κ3) is 13.1. The third-order valence-corrected chi connectivity index (χ3v) is 1.82. The lowest BCUT2D eigenvalue weighted by atomic mass is 10.5. The average molecular weight is 261 g/mol. The van der Waals surface area contributed by atoms with E-state index in [1.165, 1.54) is 6.08 Å². The highest BCUT2D eigenvalue weighted by Crippen LogP contribution is 1.89. The van der Waals surface area contributed by atoms with Crippen LogP contribution in [0.2, 0.25) is 0 Å². The van der Waals surface area contributed by atoms with Crippen LogP contribution in [0.5, 0.6) is 0 Å². The van der Waals surface area contributed by atoms with Crippen molar-refractivity contribution in [2.45, 2.75) is 6.42 Å². The Morgan fingerprint density at radius 2 is 1.56 bits per heavy atom. The molecule has 0 aromatic rings. The molecule has 0 aliphatic heterocycles. The van der Waals surface area contributed by atoms with Crippen molar-refractivity contribution in [2.75, 3.05) is 52.8 Å². The predicted molar refractivity (Wildman–Crippen MR) is 67.3 cm³/mol. The van der Waals surface area contributed by atoms with Gasteiger partial charge in [0.2, 0.25) is 0 Å². The van der Waals surface area contributed by atoms with Crippen LogP contribution in [0.15, 0.2) is 12.7 Å². The van der Waals surface area contributed by atoms with Gasteiger partial charge in [0, 0.05) is 6.54 Å². The van der Waals surface area contributed by atoms with Crippen molar-refractivity contribution in [3.63, 3.8) is 0 Å². The van der Waals surface area contributed by atoms with Crippen LogP contribution < -0.4 is 5.73 Å². The van der Waals surface area contributed by atoms with Gasteiger partial charge in [-0.15, -0.1) is 0 Å². The molecule has 6 heteroatoms. The first-order valence-corrected chi connectivity index (χ1v) is 6.01. The molecule has 0 saturated heterocycles. The molecule has 0 saturated carbocycles. The maximum absolute atomic E-state index is 11.0. The molecule has 0 atom stereocenters. The number of hydrogen-bond acceptors (Lipinski definition) is 6. The van der Waals surface area contributed by atoms with Crippen molar-refractivity contribution in [1.82, 2.24) is 0 Å². The number of nitrogens with two attached hydrogens (primary N) is 1. The summed E-state index contributed by atoms with van der Waals surface area (Å²) in [6.07, 6.45) is 1.77. The molecule has 2 N–H and O–H groups in total. The van der Waals surface area contributed by atoms with E-state index in [1.54, 1.807) is 0 Å². The van der Waals surface area contributed by atoms with Crippen molar-refractivity contribution in [1.29, 1.82) is 0 Å². The zero-order valence-electron chi connectivity index (χ0n) is 10.8. The number of carbonyl (C=O) groups excluding carboxylic acids is 1. The topological polar surface area (TPSA) is 80.0 Å². The van der Waals surface area contributed by atoms with Gasteiger partial charge in [-0.1, -0.05) is 12.7 Å². The molecule has 0 spiro atoms. The molecule has 6 nitrogen and oxygen atoms in total. The van der Waals surface area contributed by atoms with Crippen LogP contribution in [0.3, 0.4) is 0 Å². The fraction of sp³-hybridized carbons (Fsp3) is 0.750. The van der Waals surface area contributed by atoms with E-state index in [0.29, 0.717) is 46.2 Å². The summed E-state index contributed by atoms with van der Waals surface area (Å²) >= 11 is 0. The Hall–Kier alpha value is -0.950. The predicted octanol–water partition coefficient (Wildman–Crippen LogP) is 0.114. The summed E-state index contributed by atoms with van der Waals surface area (Å²) in [6.45, 7) is 7.07. The molecule has 18 heavy (non-hydrogen) atoms. The summed E-state index contributed by atoms with van der Waals surface area (Å²) in [5, 5.41) is 0. The lowest BCUT2D eigenvalue weighted by molar-refractivity contribution is -0.143. The van der Waals surface area contributed by atoms with Crippen LogP contribution in [-0.2, 0) is 23.7 Å². The first-order valence-electron chi connectivity index (χ1n) is 6.01. The highest BCUT2D eigenvalue weighted by atomic mass is 16.5. The van der Waals surface area contributed by atoms with Crippen LogP contribution in [0.4, 0.5) is 0 Å². The van der Waals surface area contributed by atoms with Gasteiger partial charge in [0.05, 0.1) is 46.1 Å². The summed E-state index contributed by atoms with van der Waals surface area (Å²) in [5.41, 5.74) is 5.25. The highest BCUT2D eigenvalue weighted by molar-refractivity contribution is 5.69. The smallest absolute Gasteiger partial charge is 0.308 e. The van der Waals surface area contributed by atoms with E-state index in [0.717, 1.165) is 0 Å². The van der Waals surface area contributed by atoms with E-state index in [9.17, 15) is 4.79 Å². The Morgan fingerprint density at radius 1 is 1.00 bits per heavy atom. The number of hydrogen-bond donors (Lipinski definition) is 1. The molecule has 0 fully saturated rings. The van der Waals surface area contributed by atoms with E-state index in [1.807, 2.05) is 0 Å². The highest BCUT2D eigenvalue weighted by Gasteiger charge is 2.00. The number of carbonyl (C=O) groups is 1. The minimum Gasteiger partial charge on any atom is -0.461 e. The van der Waals surface area contributed by atoms with Crippen LogP contribution >= 0.6 is 0 Å². The Bertz CT molecular complexity index is 211. The van der Waals surface area contributed by atoms with E-state index in [-0.39, 0.29) is 19.0 Å². The molecule has 0 heterocycles. The van der Waals surface area contributed by atoms with Gasteiger partial charge in [0.15, 0.2) is 0 Å². The zero-order chi connectivity index (χ0) is 13.5. The molecule has 0 unspecified atom stereocenters. The Balaban J connectivity index is 3.06. The maximum Gasteiger partial charge on any atom is 0.308 e. The average Bonchev–Trinajstić information content (AvgIpc) is 2.38. The largest absolute Gasteiger partial charge is 0.461 e. The molecule has 0 amide bonds. The molecular formula is C12H23NO5. The quantitative estimate of drug-likeness (QED) is 0.288. The molecule has 0 aliphatic carbocycles. The van der Waals surface area contributed by atoms with Crippen molar-refractivity contribution < 1.29 is 23.7 Å². The van der Waals surface area contributed by atoms with Crippen LogP contribution in [-0.4, -0.2) is 58.8 Å². The Kier molecular flexibility index (Phi) is 13.4. The number of rotatable bonds is 13. The molecule has 0 rings (SSSR count). The van der Waals surface area contributed by atoms with Crippen molar-refractivity contribution in [3.8, 4) is 0 Å². The summed E-state index contributed by atoms with van der Waals surface area (Å²) in [6, 6.07) is 0. The van der Waals surface area contributed by atoms with Gasteiger partial charge in [-0.2, -0.15) is 0 Å². The second-order valence-electron chi connectivity index (χ2n) is 3.35. The minimum atomic E-state index is -0.286. The van der Waals surface area contributed by atoms with Gasteiger partial charge in [-0.25, -0.2) is 0 Å². The lowest BCUT2D eigenvalue weighted by Gasteiger charge is -2.06. The van der Waals surface area contributed by atoms with E-state index in [4.69, 9.17) is 24.7 Å². The van der Waals surface area contributed by atoms with E-state index >= 15 is 0 Å². The van der Waals surface area contributed by atoms with Crippen molar-refractivity contribution >= 4 is 5.97 Å². The van der Waals surface area contributed by atoms with Gasteiger partial charge in [-0.05, 0) is 0 Å². The summed E-state index contributed by atoms with van der Waals surface area (Å²) in [4.78, 5) is 11.0. The monoisotopic (exact) mass is 261 g/mol. The van der Waals surface area contributed by atoms with Crippen LogP contribution in [0.1, 0.15) is 6.42 Å². The van der Waals surface area contributed by atoms with Gasteiger partial charge >= 0.3 is 5.97 Å². The SMILES string of the molecule is C=CCOC(=O)CCOCCOCCOCCN. The van der Waals surface area contributed by atoms with Gasteiger partial charge in [0.1, 0.15) is 6.61 Å². The zero-order valence-corrected chi connectivity index (χ0v) is 10.8. The van der Waals surface area contributed by atoms with Crippen molar-refractivity contribution in [2.24, 2.45) is 5.73 Å². The third-order valence-electron chi connectivity index (χ3n) is 1.82. The Morgan fingerprint density at radius 3 is 2.11 bits per heavy atom. The summed E-state index contributed by atoms with van der Waals surface area (Å²) in [7, 11) is 0. The number of ether oxygens (including phenoxy) is 4. The minimum absolute atomic E-state index is 0.241. The fourth-order valence-corrected chi connectivity index (χ4v) is 1.00. The first-order chi connectivity index (χ1) is 8.81. The van der Waals surface area contributed by atoms with Crippen LogP contribution in [0, 0.1) is 0 Å². The molecule has 0 aliphatic rings. The summed E-state index contributed by atoms with van der Waals surface area (Å²) in [5.74, 6) is -0.286. The second kappa shape index (κ2) is 14.1. The van der Waals surface area contributed by atoms with E-state index < -0.39 is 0 Å². The fourth-order valence-electron chi connectivity index (χ4n) is 1.00. The normalized spacial score (nSPS) is 10.3. The van der Waals surface area contributed by atoms with E-state index in [2.05, 4.69) is 6.58 Å². The number of esters is 1. The van der Waals surface area contributed by atoms with Crippen LogP contribution in [0.25, 0.3) is 0 Å². The maximum atomic E-state index is 11.0. The molecule has 0 aromatic carbocycles.